The van der Waals surface area contributed by atoms with E-state index in [4.69, 9.17) is 28.1 Å². The molecule has 2 heterocycles. The Hall–Kier alpha value is -0.553. The van der Waals surface area contributed by atoms with Crippen molar-refractivity contribution >= 4 is 14.3 Å². The van der Waals surface area contributed by atoms with Gasteiger partial charge in [0, 0.05) is 19.4 Å². The van der Waals surface area contributed by atoms with Gasteiger partial charge in [-0.1, -0.05) is 27.7 Å². The molecule has 8 nitrogen and oxygen atoms in total. The van der Waals surface area contributed by atoms with Crippen molar-refractivity contribution in [2.45, 2.75) is 102 Å². The number of hydrogen-bond acceptors (Lipinski definition) is 8. The second-order valence-corrected chi connectivity index (χ2v) is 15.1. The molecule has 2 rings (SSSR count). The van der Waals surface area contributed by atoms with Gasteiger partial charge in [0.2, 0.25) is 0 Å². The minimum absolute atomic E-state index is 0.0213. The van der Waals surface area contributed by atoms with E-state index in [9.17, 15) is 9.90 Å². The van der Waals surface area contributed by atoms with E-state index in [1.165, 1.54) is 14.2 Å². The van der Waals surface area contributed by atoms with Crippen LogP contribution in [0.2, 0.25) is 18.1 Å². The zero-order valence-electron chi connectivity index (χ0n) is 20.1. The van der Waals surface area contributed by atoms with Crippen LogP contribution in [0.5, 0.6) is 0 Å². The molecule has 2 fully saturated rings. The fourth-order valence-corrected chi connectivity index (χ4v) is 5.13. The Morgan fingerprint density at radius 3 is 2.23 bits per heavy atom. The molecule has 0 aromatic heterocycles. The highest BCUT2D eigenvalue weighted by atomic mass is 28.4. The van der Waals surface area contributed by atoms with Crippen molar-refractivity contribution < 1.29 is 38.0 Å². The van der Waals surface area contributed by atoms with Gasteiger partial charge in [0.05, 0.1) is 25.9 Å². The quantitative estimate of drug-likeness (QED) is 0.490. The van der Waals surface area contributed by atoms with Crippen molar-refractivity contribution in [3.8, 4) is 0 Å². The molecule has 2 aliphatic rings. The summed E-state index contributed by atoms with van der Waals surface area (Å²) in [6.45, 7) is 16.6. The number of aliphatic hydroxyl groups excluding tert-OH is 1. The van der Waals surface area contributed by atoms with Gasteiger partial charge in [-0.3, -0.25) is 0 Å². The summed E-state index contributed by atoms with van der Waals surface area (Å²) in [4.78, 5) is 12.7. The van der Waals surface area contributed by atoms with Crippen molar-refractivity contribution in [1.82, 2.24) is 0 Å². The number of aliphatic hydroxyl groups is 1. The zero-order valence-corrected chi connectivity index (χ0v) is 21.1. The normalized spacial score (nSPS) is 35.8. The smallest absolute Gasteiger partial charge is 0.366 e. The van der Waals surface area contributed by atoms with E-state index in [0.717, 1.165) is 0 Å². The molecule has 0 radical (unpaired) electrons. The Labute approximate surface area is 181 Å². The Balaban J connectivity index is 2.37. The molecular weight excluding hydrogens is 408 g/mol. The van der Waals surface area contributed by atoms with Gasteiger partial charge in [0.15, 0.2) is 14.1 Å². The van der Waals surface area contributed by atoms with Crippen LogP contribution in [0.25, 0.3) is 0 Å². The van der Waals surface area contributed by atoms with Crippen LogP contribution in [0.1, 0.15) is 48.0 Å². The van der Waals surface area contributed by atoms with Gasteiger partial charge in [-0.2, -0.15) is 0 Å². The molecule has 0 aliphatic carbocycles. The van der Waals surface area contributed by atoms with Crippen molar-refractivity contribution in [3.05, 3.63) is 0 Å². The summed E-state index contributed by atoms with van der Waals surface area (Å²) in [5, 5.41) is 11.1. The van der Waals surface area contributed by atoms with Crippen molar-refractivity contribution in [3.63, 3.8) is 0 Å². The van der Waals surface area contributed by atoms with E-state index < -0.39 is 44.2 Å². The summed E-state index contributed by atoms with van der Waals surface area (Å²) in [5.41, 5.74) is 0. The molecule has 176 valence electrons. The topological polar surface area (TPSA) is 92.7 Å². The van der Waals surface area contributed by atoms with Gasteiger partial charge in [-0.15, -0.1) is 0 Å². The summed E-state index contributed by atoms with van der Waals surface area (Å²) in [5.74, 6) is -3.31. The summed E-state index contributed by atoms with van der Waals surface area (Å²) in [6.07, 6.45) is -2.58. The second-order valence-electron chi connectivity index (χ2n) is 10.4. The molecule has 0 aromatic carbocycles. The molecule has 9 heteroatoms. The summed E-state index contributed by atoms with van der Waals surface area (Å²) in [6, 6.07) is 0. The Bertz CT molecular complexity index is 617. The van der Waals surface area contributed by atoms with Crippen LogP contribution in [-0.4, -0.2) is 76.2 Å². The molecule has 2 saturated heterocycles. The summed E-state index contributed by atoms with van der Waals surface area (Å²) >= 11 is 0. The first-order valence-electron chi connectivity index (χ1n) is 10.6. The van der Waals surface area contributed by atoms with Gasteiger partial charge in [0.1, 0.15) is 12.2 Å². The van der Waals surface area contributed by atoms with Crippen LogP contribution < -0.4 is 0 Å². The fourth-order valence-electron chi connectivity index (χ4n) is 3.72. The predicted octanol–water partition coefficient (Wildman–Crippen LogP) is 2.83. The van der Waals surface area contributed by atoms with Crippen LogP contribution >= 0.6 is 0 Å². The van der Waals surface area contributed by atoms with Crippen molar-refractivity contribution in [2.75, 3.05) is 20.8 Å². The van der Waals surface area contributed by atoms with Crippen LogP contribution in [0.4, 0.5) is 0 Å². The lowest BCUT2D eigenvalue weighted by atomic mass is 9.84. The molecule has 1 N–H and O–H groups in total. The average Bonchev–Trinajstić information content (AvgIpc) is 3.01. The number of carbonyl (C=O) groups is 1. The van der Waals surface area contributed by atoms with E-state index >= 15 is 0 Å². The highest BCUT2D eigenvalue weighted by molar-refractivity contribution is 6.74. The van der Waals surface area contributed by atoms with Crippen molar-refractivity contribution in [2.24, 2.45) is 5.92 Å². The summed E-state index contributed by atoms with van der Waals surface area (Å²) in [7, 11) is 0.515. The lowest BCUT2D eigenvalue weighted by molar-refractivity contribution is -0.310. The zero-order chi connectivity index (χ0) is 23.1. The first-order valence-corrected chi connectivity index (χ1v) is 13.5. The van der Waals surface area contributed by atoms with E-state index in [1.807, 2.05) is 6.92 Å². The van der Waals surface area contributed by atoms with Gasteiger partial charge in [-0.25, -0.2) is 4.79 Å². The van der Waals surface area contributed by atoms with E-state index in [0.29, 0.717) is 0 Å². The van der Waals surface area contributed by atoms with Crippen LogP contribution in [0, 0.1) is 5.92 Å². The molecule has 1 unspecified atom stereocenters. The predicted molar refractivity (Wildman–Crippen MR) is 113 cm³/mol. The SMILES string of the molecule is COC(=O)C1(OC)C[C@H](O[Si](C)(C)C(C)(C)C)[C@@H](C)[C@H]([C@H](O)[C@H]2COC(C)(C)O2)O1. The highest BCUT2D eigenvalue weighted by Gasteiger charge is 2.57. The third kappa shape index (κ3) is 5.08. The maximum Gasteiger partial charge on any atom is 0.366 e. The fraction of sp³-hybridized carbons (Fsp3) is 0.952. The molecule has 0 bridgehead atoms. The number of methoxy groups -OCH3 is 2. The molecule has 2 aliphatic heterocycles. The first kappa shape index (κ1) is 25.7. The molecule has 30 heavy (non-hydrogen) atoms. The molecular formula is C21H40O8Si. The third-order valence-corrected chi connectivity index (χ3v) is 11.2. The van der Waals surface area contributed by atoms with E-state index in [-0.39, 0.29) is 30.1 Å². The Morgan fingerprint density at radius 1 is 1.20 bits per heavy atom. The van der Waals surface area contributed by atoms with E-state index in [2.05, 4.69) is 33.9 Å². The third-order valence-electron chi connectivity index (χ3n) is 6.73. The van der Waals surface area contributed by atoms with Crippen LogP contribution in [0.15, 0.2) is 0 Å². The van der Waals surface area contributed by atoms with Crippen molar-refractivity contribution in [1.29, 1.82) is 0 Å². The van der Waals surface area contributed by atoms with Crippen LogP contribution in [-0.2, 0) is 32.9 Å². The van der Waals surface area contributed by atoms with Gasteiger partial charge < -0.3 is 33.2 Å². The number of hydrogen-bond donors (Lipinski definition) is 1. The van der Waals surface area contributed by atoms with E-state index in [1.54, 1.807) is 13.8 Å². The number of rotatable bonds is 6. The molecule has 0 spiro atoms. The number of carbonyl (C=O) groups excluding carboxylic acids is 1. The molecule has 0 saturated carbocycles. The maximum atomic E-state index is 12.7. The highest BCUT2D eigenvalue weighted by Crippen LogP contribution is 2.44. The lowest BCUT2D eigenvalue weighted by Crippen LogP contribution is -2.63. The van der Waals surface area contributed by atoms with Gasteiger partial charge in [0.25, 0.3) is 5.79 Å². The lowest BCUT2D eigenvalue weighted by Gasteiger charge is -2.50. The average molecular weight is 449 g/mol. The molecule has 0 aromatic rings. The Morgan fingerprint density at radius 2 is 1.80 bits per heavy atom. The number of ether oxygens (including phenoxy) is 5. The van der Waals surface area contributed by atoms with Gasteiger partial charge >= 0.3 is 5.97 Å². The summed E-state index contributed by atoms with van der Waals surface area (Å²) < 4.78 is 34.8. The maximum absolute atomic E-state index is 12.7. The standard InChI is InChI=1S/C21H40O8Si/c1-13-14(29-30(9,10)19(2,3)4)11-21(25-8,18(23)24-7)28-17(13)16(22)15-12-26-20(5,6)27-15/h13-17,22H,11-12H2,1-10H3/t13-,14+,15-,16-,17-,21?/m1/s1. The van der Waals surface area contributed by atoms with Crippen LogP contribution in [0.3, 0.4) is 0 Å². The molecule has 0 amide bonds. The molecule has 6 atom stereocenters. The second kappa shape index (κ2) is 8.76. The minimum atomic E-state index is -2.17. The minimum Gasteiger partial charge on any atom is -0.465 e. The monoisotopic (exact) mass is 448 g/mol. The Kier molecular flexibility index (Phi) is 7.51. The largest absolute Gasteiger partial charge is 0.465 e. The van der Waals surface area contributed by atoms with Gasteiger partial charge in [-0.05, 0) is 32.0 Å². The number of esters is 1. The first-order chi connectivity index (χ1) is 13.6.